The molecule has 0 radical (unpaired) electrons. The first-order chi connectivity index (χ1) is 12.4. The normalized spacial score (nSPS) is 10.8. The third kappa shape index (κ3) is 2.89. The average Bonchev–Trinajstić information content (AvgIpc) is 2.65. The molecule has 0 fully saturated rings. The fourth-order valence-corrected chi connectivity index (χ4v) is 3.31. The van der Waals surface area contributed by atoms with Gasteiger partial charge < -0.3 is 19.7 Å². The quantitative estimate of drug-likeness (QED) is 0.611. The van der Waals surface area contributed by atoms with Gasteiger partial charge in [0.1, 0.15) is 17.2 Å². The fraction of sp³-hybridized carbons (Fsp3) is 0.105. The molecule has 0 unspecified atom stereocenters. The molecule has 0 aliphatic rings. The second-order valence-electron chi connectivity index (χ2n) is 5.49. The van der Waals surface area contributed by atoms with Crippen LogP contribution in [0.2, 0.25) is 10.0 Å². The van der Waals surface area contributed by atoms with Crippen LogP contribution in [-0.4, -0.2) is 30.4 Å². The van der Waals surface area contributed by atoms with Crippen molar-refractivity contribution in [2.24, 2.45) is 0 Å². The van der Waals surface area contributed by atoms with Crippen LogP contribution in [0.1, 0.15) is 10.4 Å². The van der Waals surface area contributed by atoms with Gasteiger partial charge in [-0.05, 0) is 29.0 Å². The summed E-state index contributed by atoms with van der Waals surface area (Å²) in [5.41, 5.74) is 0.780. The number of hydrogen-bond acceptors (Lipinski definition) is 5. The maximum Gasteiger partial charge on any atom is 0.337 e. The maximum absolute atomic E-state index is 11.7. The van der Waals surface area contributed by atoms with Gasteiger partial charge >= 0.3 is 5.97 Å². The summed E-state index contributed by atoms with van der Waals surface area (Å²) in [6, 6.07) is 9.30. The first-order valence-corrected chi connectivity index (χ1v) is 8.24. The van der Waals surface area contributed by atoms with Gasteiger partial charge in [0.05, 0.1) is 35.4 Å². The van der Waals surface area contributed by atoms with E-state index < -0.39 is 5.97 Å². The van der Waals surface area contributed by atoms with E-state index in [-0.39, 0.29) is 38.4 Å². The summed E-state index contributed by atoms with van der Waals surface area (Å²) in [5, 5.41) is 22.3. The number of halogens is 2. The van der Waals surface area contributed by atoms with E-state index in [4.69, 9.17) is 32.7 Å². The molecule has 7 heteroatoms. The summed E-state index contributed by atoms with van der Waals surface area (Å²) >= 11 is 12.4. The predicted molar refractivity (Wildman–Crippen MR) is 101 cm³/mol. The molecule has 0 aliphatic carbocycles. The van der Waals surface area contributed by atoms with Crippen molar-refractivity contribution in [3.05, 3.63) is 52.0 Å². The third-order valence-electron chi connectivity index (χ3n) is 4.05. The highest BCUT2D eigenvalue weighted by atomic mass is 35.5. The highest BCUT2D eigenvalue weighted by molar-refractivity contribution is 6.38. The summed E-state index contributed by atoms with van der Waals surface area (Å²) < 4.78 is 9.91. The molecule has 0 aromatic heterocycles. The van der Waals surface area contributed by atoms with Gasteiger partial charge in [0.15, 0.2) is 0 Å². The number of methoxy groups -OCH3 is 2. The molecule has 3 rings (SSSR count). The van der Waals surface area contributed by atoms with E-state index in [0.29, 0.717) is 16.3 Å². The summed E-state index contributed by atoms with van der Waals surface area (Å²) in [6.07, 6.45) is 0. The minimum atomic E-state index is -0.480. The smallest absolute Gasteiger partial charge is 0.337 e. The molecule has 3 aromatic carbocycles. The Bertz CT molecular complexity index is 1030. The van der Waals surface area contributed by atoms with Crippen LogP contribution in [-0.2, 0) is 4.74 Å². The number of ether oxygens (including phenoxy) is 2. The Kier molecular flexibility index (Phi) is 4.85. The Hall–Kier alpha value is -2.63. The lowest BCUT2D eigenvalue weighted by atomic mass is 9.95. The van der Waals surface area contributed by atoms with Crippen molar-refractivity contribution in [3.63, 3.8) is 0 Å². The van der Waals surface area contributed by atoms with Gasteiger partial charge in [-0.1, -0.05) is 35.3 Å². The zero-order valence-electron chi connectivity index (χ0n) is 13.8. The molecule has 5 nitrogen and oxygen atoms in total. The van der Waals surface area contributed by atoms with Gasteiger partial charge in [-0.2, -0.15) is 0 Å². The molecule has 0 aliphatic heterocycles. The number of carbonyl (C=O) groups excluding carboxylic acids is 1. The first kappa shape index (κ1) is 18.2. The second kappa shape index (κ2) is 6.94. The van der Waals surface area contributed by atoms with Crippen molar-refractivity contribution < 1.29 is 24.5 Å². The lowest BCUT2D eigenvalue weighted by Gasteiger charge is -2.16. The molecule has 2 N–H and O–H groups in total. The van der Waals surface area contributed by atoms with E-state index in [9.17, 15) is 15.0 Å². The number of esters is 1. The molecule has 26 heavy (non-hydrogen) atoms. The molecule has 0 amide bonds. The lowest BCUT2D eigenvalue weighted by molar-refractivity contribution is 0.0601. The van der Waals surface area contributed by atoms with Crippen LogP contribution in [0.4, 0.5) is 0 Å². The second-order valence-corrected chi connectivity index (χ2v) is 6.27. The van der Waals surface area contributed by atoms with Crippen molar-refractivity contribution in [2.75, 3.05) is 14.2 Å². The van der Waals surface area contributed by atoms with Gasteiger partial charge in [0.25, 0.3) is 0 Å². The van der Waals surface area contributed by atoms with Crippen molar-refractivity contribution in [2.45, 2.75) is 0 Å². The summed E-state index contributed by atoms with van der Waals surface area (Å²) in [6.45, 7) is 0. The molecule has 0 heterocycles. The molecular formula is C19H14Cl2O5. The van der Waals surface area contributed by atoms with E-state index in [1.165, 1.54) is 26.4 Å². The zero-order valence-corrected chi connectivity index (χ0v) is 15.4. The SMILES string of the molecule is COC(=O)c1ccc2c(-c3c(O)c(Cl)cc(OC)c3Cl)c(O)ccc2c1. The van der Waals surface area contributed by atoms with Crippen molar-refractivity contribution in [1.82, 2.24) is 0 Å². The van der Waals surface area contributed by atoms with Gasteiger partial charge in [-0.3, -0.25) is 0 Å². The van der Waals surface area contributed by atoms with Crippen molar-refractivity contribution in [1.29, 1.82) is 0 Å². The third-order valence-corrected chi connectivity index (χ3v) is 4.71. The highest BCUT2D eigenvalue weighted by Gasteiger charge is 2.22. The van der Waals surface area contributed by atoms with Crippen LogP contribution in [0.15, 0.2) is 36.4 Å². The Balaban J connectivity index is 2.38. The van der Waals surface area contributed by atoms with Crippen LogP contribution >= 0.6 is 23.2 Å². The van der Waals surface area contributed by atoms with Gasteiger partial charge in [0, 0.05) is 11.6 Å². The van der Waals surface area contributed by atoms with Gasteiger partial charge in [0.2, 0.25) is 0 Å². The number of fused-ring (bicyclic) bond motifs is 1. The van der Waals surface area contributed by atoms with Gasteiger partial charge in [-0.25, -0.2) is 4.79 Å². The number of rotatable bonds is 3. The van der Waals surface area contributed by atoms with E-state index >= 15 is 0 Å². The number of carbonyl (C=O) groups is 1. The van der Waals surface area contributed by atoms with Crippen LogP contribution in [0.25, 0.3) is 21.9 Å². The lowest BCUT2D eigenvalue weighted by Crippen LogP contribution is -2.00. The van der Waals surface area contributed by atoms with Crippen LogP contribution in [0.3, 0.4) is 0 Å². The highest BCUT2D eigenvalue weighted by Crippen LogP contribution is 2.50. The molecule has 0 atom stereocenters. The average molecular weight is 393 g/mol. The topological polar surface area (TPSA) is 76.0 Å². The summed E-state index contributed by atoms with van der Waals surface area (Å²) in [7, 11) is 2.72. The number of aromatic hydroxyl groups is 2. The Morgan fingerprint density at radius 2 is 1.73 bits per heavy atom. The number of benzene rings is 3. The zero-order chi connectivity index (χ0) is 19.0. The minimum absolute atomic E-state index is 0.0313. The number of phenolic OH excluding ortho intramolecular Hbond substituents is 2. The van der Waals surface area contributed by atoms with Crippen LogP contribution in [0, 0.1) is 0 Å². The Morgan fingerprint density at radius 3 is 2.38 bits per heavy atom. The Morgan fingerprint density at radius 1 is 1.00 bits per heavy atom. The monoisotopic (exact) mass is 392 g/mol. The molecule has 0 spiro atoms. The van der Waals surface area contributed by atoms with Crippen LogP contribution < -0.4 is 4.74 Å². The predicted octanol–water partition coefficient (Wildman–Crippen LogP) is 5.02. The van der Waals surface area contributed by atoms with E-state index in [2.05, 4.69) is 0 Å². The van der Waals surface area contributed by atoms with Crippen LogP contribution in [0.5, 0.6) is 17.2 Å². The first-order valence-electron chi connectivity index (χ1n) is 7.48. The van der Waals surface area contributed by atoms with Crippen molar-refractivity contribution >= 4 is 39.9 Å². The van der Waals surface area contributed by atoms with E-state index in [0.717, 1.165) is 0 Å². The fourth-order valence-electron chi connectivity index (χ4n) is 2.80. The van der Waals surface area contributed by atoms with Gasteiger partial charge in [-0.15, -0.1) is 0 Å². The molecule has 0 bridgehead atoms. The molecule has 3 aromatic rings. The standard InChI is InChI=1S/C19H14Cl2O5/c1-25-14-8-12(20)18(23)16(17(14)21)15-11-5-3-10(19(24)26-2)7-9(11)4-6-13(15)22/h3-8,22-23H,1-2H3. The number of phenols is 2. The largest absolute Gasteiger partial charge is 0.507 e. The molecular weight excluding hydrogens is 379 g/mol. The maximum atomic E-state index is 11.7. The molecule has 0 saturated carbocycles. The van der Waals surface area contributed by atoms with E-state index in [1.54, 1.807) is 24.3 Å². The Labute approximate surface area is 159 Å². The molecule has 134 valence electrons. The van der Waals surface area contributed by atoms with Crippen molar-refractivity contribution in [3.8, 4) is 28.4 Å². The van der Waals surface area contributed by atoms with E-state index in [1.807, 2.05) is 0 Å². The molecule has 0 saturated heterocycles. The summed E-state index contributed by atoms with van der Waals surface area (Å²) in [5.74, 6) is -0.610. The summed E-state index contributed by atoms with van der Waals surface area (Å²) in [4.78, 5) is 11.7. The minimum Gasteiger partial charge on any atom is -0.507 e. The number of hydrogen-bond donors (Lipinski definition) is 2.